The molecular weight excluding hydrogens is 356 g/mol. The number of aromatic nitrogens is 1. The highest BCUT2D eigenvalue weighted by Gasteiger charge is 2.11. The molecule has 5 nitrogen and oxygen atoms in total. The lowest BCUT2D eigenvalue weighted by Gasteiger charge is -2.07. The van der Waals surface area contributed by atoms with E-state index in [1.165, 1.54) is 16.9 Å². The molecule has 0 saturated heterocycles. The summed E-state index contributed by atoms with van der Waals surface area (Å²) in [6.07, 6.45) is 0. The van der Waals surface area contributed by atoms with Crippen molar-refractivity contribution >= 4 is 22.7 Å². The molecule has 1 N–H and O–H groups in total. The summed E-state index contributed by atoms with van der Waals surface area (Å²) in [4.78, 5) is 4.56. The van der Waals surface area contributed by atoms with Gasteiger partial charge in [0.25, 0.3) is 0 Å². The average Bonchev–Trinajstić information content (AvgIpc) is 3.16. The van der Waals surface area contributed by atoms with Crippen molar-refractivity contribution in [3.63, 3.8) is 0 Å². The number of nitriles is 1. The van der Waals surface area contributed by atoms with E-state index in [0.29, 0.717) is 11.6 Å². The Morgan fingerprint density at radius 3 is 2.70 bits per heavy atom. The highest BCUT2D eigenvalue weighted by molar-refractivity contribution is 7.12. The van der Waals surface area contributed by atoms with Crippen LogP contribution in [-0.4, -0.2) is 17.3 Å². The van der Waals surface area contributed by atoms with Gasteiger partial charge < -0.3 is 4.74 Å². The lowest BCUT2D eigenvalue weighted by atomic mass is 10.1. The van der Waals surface area contributed by atoms with Gasteiger partial charge in [-0.3, -0.25) is 5.43 Å². The van der Waals surface area contributed by atoms with E-state index in [4.69, 9.17) is 4.74 Å². The Morgan fingerprint density at radius 2 is 2.00 bits per heavy atom. The first-order valence-electron chi connectivity index (χ1n) is 8.61. The largest absolute Gasteiger partial charge is 0.494 e. The monoisotopic (exact) mass is 376 g/mol. The second kappa shape index (κ2) is 8.47. The molecule has 0 unspecified atom stereocenters. The maximum Gasteiger partial charge on any atom is 0.196 e. The Labute approximate surface area is 163 Å². The zero-order valence-electron chi connectivity index (χ0n) is 15.5. The van der Waals surface area contributed by atoms with Gasteiger partial charge in [0.05, 0.1) is 18.0 Å². The van der Waals surface area contributed by atoms with Crippen molar-refractivity contribution in [3.05, 3.63) is 64.0 Å². The van der Waals surface area contributed by atoms with Crippen LogP contribution in [0.3, 0.4) is 0 Å². The zero-order chi connectivity index (χ0) is 19.2. The van der Waals surface area contributed by atoms with Crippen molar-refractivity contribution in [3.8, 4) is 23.1 Å². The maximum atomic E-state index is 9.49. The maximum absolute atomic E-state index is 9.49. The second-order valence-corrected chi connectivity index (χ2v) is 6.78. The minimum Gasteiger partial charge on any atom is -0.494 e. The first-order chi connectivity index (χ1) is 13.1. The van der Waals surface area contributed by atoms with Gasteiger partial charge >= 0.3 is 0 Å². The molecule has 0 saturated carbocycles. The molecule has 0 aliphatic rings. The quantitative estimate of drug-likeness (QED) is 0.476. The SMILES string of the molecule is CCOc1ccc(-c2csc(C(C#N)=NNc3cccc(C)c3C)n2)cc1. The van der Waals surface area contributed by atoms with E-state index in [1.807, 2.05) is 68.6 Å². The summed E-state index contributed by atoms with van der Waals surface area (Å²) < 4.78 is 5.46. The summed E-state index contributed by atoms with van der Waals surface area (Å²) in [5.74, 6) is 0.828. The third kappa shape index (κ3) is 4.33. The van der Waals surface area contributed by atoms with Crippen LogP contribution in [0.1, 0.15) is 23.1 Å². The van der Waals surface area contributed by atoms with E-state index < -0.39 is 0 Å². The highest BCUT2D eigenvalue weighted by atomic mass is 32.1. The Bertz CT molecular complexity index is 1000. The van der Waals surface area contributed by atoms with E-state index in [2.05, 4.69) is 21.6 Å². The molecule has 1 aromatic heterocycles. The van der Waals surface area contributed by atoms with Gasteiger partial charge in [-0.05, 0) is 62.2 Å². The van der Waals surface area contributed by atoms with Gasteiger partial charge in [0.1, 0.15) is 11.8 Å². The molecule has 0 amide bonds. The molecule has 0 atom stereocenters. The molecule has 0 spiro atoms. The number of hydrogen-bond acceptors (Lipinski definition) is 6. The molecule has 6 heteroatoms. The van der Waals surface area contributed by atoms with Crippen LogP contribution in [-0.2, 0) is 0 Å². The number of nitrogens with zero attached hydrogens (tertiary/aromatic N) is 3. The van der Waals surface area contributed by atoms with Gasteiger partial charge in [0.2, 0.25) is 0 Å². The molecule has 2 aromatic carbocycles. The normalized spacial score (nSPS) is 11.1. The fourth-order valence-electron chi connectivity index (χ4n) is 2.51. The van der Waals surface area contributed by atoms with Gasteiger partial charge in [-0.2, -0.15) is 10.4 Å². The molecule has 3 aromatic rings. The molecule has 0 aliphatic heterocycles. The number of anilines is 1. The number of rotatable bonds is 6. The van der Waals surface area contributed by atoms with Crippen LogP contribution in [0.4, 0.5) is 5.69 Å². The molecular formula is C21H20N4OS. The minimum atomic E-state index is 0.262. The number of hydrogen-bond donors (Lipinski definition) is 1. The first-order valence-corrected chi connectivity index (χ1v) is 9.49. The summed E-state index contributed by atoms with van der Waals surface area (Å²) in [5, 5.41) is 16.3. The first kappa shape index (κ1) is 18.6. The number of ether oxygens (including phenoxy) is 1. The number of hydrazone groups is 1. The molecule has 27 heavy (non-hydrogen) atoms. The van der Waals surface area contributed by atoms with Crippen molar-refractivity contribution in [1.29, 1.82) is 5.26 Å². The lowest BCUT2D eigenvalue weighted by molar-refractivity contribution is 0.340. The van der Waals surface area contributed by atoms with Crippen LogP contribution < -0.4 is 10.2 Å². The van der Waals surface area contributed by atoms with Crippen LogP contribution in [0.15, 0.2) is 52.9 Å². The van der Waals surface area contributed by atoms with Crippen LogP contribution in [0, 0.1) is 25.2 Å². The second-order valence-electron chi connectivity index (χ2n) is 5.93. The third-order valence-electron chi connectivity index (χ3n) is 4.17. The summed E-state index contributed by atoms with van der Waals surface area (Å²) in [5.41, 5.74) is 8.19. The average molecular weight is 376 g/mol. The lowest BCUT2D eigenvalue weighted by Crippen LogP contribution is -2.02. The Balaban J connectivity index is 1.81. The van der Waals surface area contributed by atoms with Crippen LogP contribution in [0.2, 0.25) is 0 Å². The Morgan fingerprint density at radius 1 is 1.22 bits per heavy atom. The standard InChI is InChI=1S/C21H20N4OS/c1-4-26-17-10-8-16(9-11-17)20-13-27-21(23-20)19(12-22)25-24-18-7-5-6-14(2)15(18)3/h5-11,13,24H,4H2,1-3H3. The highest BCUT2D eigenvalue weighted by Crippen LogP contribution is 2.25. The van der Waals surface area contributed by atoms with Crippen molar-refractivity contribution in [2.45, 2.75) is 20.8 Å². The van der Waals surface area contributed by atoms with Gasteiger partial charge in [0.15, 0.2) is 10.7 Å². The number of thiazole rings is 1. The van der Waals surface area contributed by atoms with Crippen molar-refractivity contribution < 1.29 is 4.74 Å². The molecule has 1 heterocycles. The smallest absolute Gasteiger partial charge is 0.196 e. The summed E-state index contributed by atoms with van der Waals surface area (Å²) in [7, 11) is 0. The van der Waals surface area contributed by atoms with Crippen LogP contribution in [0.25, 0.3) is 11.3 Å². The number of nitrogens with one attached hydrogen (secondary N) is 1. The van der Waals surface area contributed by atoms with E-state index in [1.54, 1.807) is 0 Å². The fraction of sp³-hybridized carbons (Fsp3) is 0.190. The van der Waals surface area contributed by atoms with Crippen LogP contribution in [0.5, 0.6) is 5.75 Å². The van der Waals surface area contributed by atoms with Gasteiger partial charge in [-0.25, -0.2) is 4.98 Å². The molecule has 136 valence electrons. The summed E-state index contributed by atoms with van der Waals surface area (Å²) in [6, 6.07) is 15.8. The van der Waals surface area contributed by atoms with Gasteiger partial charge in [0, 0.05) is 10.9 Å². The van der Waals surface area contributed by atoms with Gasteiger partial charge in [-0.1, -0.05) is 12.1 Å². The van der Waals surface area contributed by atoms with Crippen molar-refractivity contribution in [2.24, 2.45) is 5.10 Å². The van der Waals surface area contributed by atoms with E-state index >= 15 is 0 Å². The third-order valence-corrected chi connectivity index (χ3v) is 5.02. The summed E-state index contributed by atoms with van der Waals surface area (Å²) in [6.45, 7) is 6.65. The topological polar surface area (TPSA) is 70.3 Å². The summed E-state index contributed by atoms with van der Waals surface area (Å²) >= 11 is 1.40. The molecule has 0 bridgehead atoms. The van der Waals surface area contributed by atoms with E-state index in [0.717, 1.165) is 28.3 Å². The van der Waals surface area contributed by atoms with Gasteiger partial charge in [-0.15, -0.1) is 11.3 Å². The van der Waals surface area contributed by atoms with Crippen molar-refractivity contribution in [2.75, 3.05) is 12.0 Å². The molecule has 3 rings (SSSR count). The van der Waals surface area contributed by atoms with E-state index in [-0.39, 0.29) is 5.71 Å². The Hall–Kier alpha value is -3.17. The number of aryl methyl sites for hydroxylation is 1. The van der Waals surface area contributed by atoms with Crippen LogP contribution >= 0.6 is 11.3 Å². The van der Waals surface area contributed by atoms with Crippen molar-refractivity contribution in [1.82, 2.24) is 4.98 Å². The molecule has 0 fully saturated rings. The number of benzene rings is 2. The Kier molecular flexibility index (Phi) is 5.84. The predicted octanol–water partition coefficient (Wildman–Crippen LogP) is 5.17. The zero-order valence-corrected chi connectivity index (χ0v) is 16.3. The predicted molar refractivity (Wildman–Crippen MR) is 110 cm³/mol. The fourth-order valence-corrected chi connectivity index (χ4v) is 3.28. The molecule has 0 radical (unpaired) electrons. The molecule has 0 aliphatic carbocycles. The van der Waals surface area contributed by atoms with E-state index in [9.17, 15) is 5.26 Å². The minimum absolute atomic E-state index is 0.262.